The summed E-state index contributed by atoms with van der Waals surface area (Å²) in [6.07, 6.45) is 0.968. The summed E-state index contributed by atoms with van der Waals surface area (Å²) in [7, 11) is 0. The Hall–Kier alpha value is -0.0400. The van der Waals surface area contributed by atoms with Crippen LogP contribution in [-0.2, 0) is 4.79 Å². The maximum atomic E-state index is 10.4. The first-order valence-corrected chi connectivity index (χ1v) is 3.11. The molecule has 0 radical (unpaired) electrons. The fourth-order valence-corrected chi connectivity index (χ4v) is 1.23. The van der Waals surface area contributed by atoms with Crippen LogP contribution in [0.25, 0.3) is 0 Å². The molecule has 1 aliphatic carbocycles. The van der Waals surface area contributed by atoms with Crippen molar-refractivity contribution in [2.75, 3.05) is 0 Å². The number of hydrogen-bond donors (Lipinski definition) is 0. The summed E-state index contributed by atoms with van der Waals surface area (Å²) >= 11 is 5.22. The van der Waals surface area contributed by atoms with Crippen molar-refractivity contribution in [1.29, 1.82) is 0 Å². The van der Waals surface area contributed by atoms with Crippen LogP contribution in [0.1, 0.15) is 20.3 Å². The van der Waals surface area contributed by atoms with E-state index in [1.807, 2.05) is 0 Å². The molecule has 0 saturated heterocycles. The van der Waals surface area contributed by atoms with E-state index in [9.17, 15) is 4.79 Å². The van der Waals surface area contributed by atoms with E-state index in [-0.39, 0.29) is 16.6 Å². The van der Waals surface area contributed by atoms with E-state index in [0.29, 0.717) is 0 Å². The van der Waals surface area contributed by atoms with Gasteiger partial charge >= 0.3 is 0 Å². The molecule has 0 spiro atoms. The molecule has 0 amide bonds. The Kier molecular flexibility index (Phi) is 1.12. The zero-order valence-electron chi connectivity index (χ0n) is 5.07. The monoisotopic (exact) mass is 132 g/mol. The highest BCUT2D eigenvalue weighted by Gasteiger charge is 2.49. The first-order chi connectivity index (χ1) is 3.54. The average molecular weight is 133 g/mol. The van der Waals surface area contributed by atoms with Crippen molar-refractivity contribution in [1.82, 2.24) is 0 Å². The van der Waals surface area contributed by atoms with E-state index >= 15 is 0 Å². The average Bonchev–Trinajstić information content (AvgIpc) is 2.13. The summed E-state index contributed by atoms with van der Waals surface area (Å²) in [6, 6.07) is 0. The number of hydrogen-bond acceptors (Lipinski definition) is 1. The topological polar surface area (TPSA) is 17.1 Å². The van der Waals surface area contributed by atoms with Crippen LogP contribution in [0.2, 0.25) is 0 Å². The van der Waals surface area contributed by atoms with Gasteiger partial charge in [0.1, 0.15) is 0 Å². The highest BCUT2D eigenvalue weighted by molar-refractivity contribution is 6.64. The number of rotatable bonds is 1. The standard InChI is InChI=1S/C6H9ClO/c1-6(2)3-4(6)5(7)8/h4H,3H2,1-2H3. The fraction of sp³-hybridized carbons (Fsp3) is 0.833. The Labute approximate surface area is 54.0 Å². The Bertz CT molecular complexity index is 128. The SMILES string of the molecule is CC1(C)CC1C(=O)Cl. The fourth-order valence-electron chi connectivity index (χ4n) is 0.855. The Morgan fingerprint density at radius 2 is 2.12 bits per heavy atom. The first kappa shape index (κ1) is 6.09. The Morgan fingerprint density at radius 3 is 2.12 bits per heavy atom. The number of carbonyl (C=O) groups is 1. The number of halogens is 1. The van der Waals surface area contributed by atoms with Crippen LogP contribution in [0.3, 0.4) is 0 Å². The third kappa shape index (κ3) is 0.873. The van der Waals surface area contributed by atoms with Crippen LogP contribution >= 0.6 is 11.6 Å². The molecule has 1 atom stereocenters. The molecule has 1 fully saturated rings. The Balaban J connectivity index is 2.48. The van der Waals surface area contributed by atoms with E-state index in [1.54, 1.807) is 0 Å². The van der Waals surface area contributed by atoms with Gasteiger partial charge in [-0.3, -0.25) is 4.79 Å². The van der Waals surface area contributed by atoms with Crippen molar-refractivity contribution in [3.8, 4) is 0 Å². The van der Waals surface area contributed by atoms with Gasteiger partial charge < -0.3 is 0 Å². The molecule has 0 aromatic carbocycles. The van der Waals surface area contributed by atoms with E-state index in [0.717, 1.165) is 6.42 Å². The van der Waals surface area contributed by atoms with Gasteiger partial charge in [0, 0.05) is 5.92 Å². The summed E-state index contributed by atoms with van der Waals surface area (Å²) in [5, 5.41) is -0.171. The summed E-state index contributed by atoms with van der Waals surface area (Å²) < 4.78 is 0. The van der Waals surface area contributed by atoms with Crippen LogP contribution in [-0.4, -0.2) is 5.24 Å². The first-order valence-electron chi connectivity index (χ1n) is 2.73. The largest absolute Gasteiger partial charge is 0.281 e. The minimum absolute atomic E-state index is 0.143. The second kappa shape index (κ2) is 1.47. The molecule has 0 aliphatic heterocycles. The molecule has 1 unspecified atom stereocenters. The number of carbonyl (C=O) groups excluding carboxylic acids is 1. The molecule has 0 N–H and O–H groups in total. The summed E-state index contributed by atoms with van der Waals surface area (Å²) in [6.45, 7) is 4.11. The van der Waals surface area contributed by atoms with Gasteiger partial charge in [-0.05, 0) is 23.4 Å². The van der Waals surface area contributed by atoms with Crippen molar-refractivity contribution in [2.45, 2.75) is 20.3 Å². The van der Waals surface area contributed by atoms with E-state index in [4.69, 9.17) is 11.6 Å². The summed E-state index contributed by atoms with van der Waals surface area (Å²) in [4.78, 5) is 10.4. The van der Waals surface area contributed by atoms with Gasteiger partial charge in [0.15, 0.2) is 0 Å². The molecular weight excluding hydrogens is 124 g/mol. The smallest absolute Gasteiger partial charge is 0.225 e. The minimum Gasteiger partial charge on any atom is -0.281 e. The second-order valence-corrected chi connectivity index (χ2v) is 3.42. The molecule has 1 rings (SSSR count). The zero-order chi connectivity index (χ0) is 6.36. The van der Waals surface area contributed by atoms with Crippen LogP contribution in [0.4, 0.5) is 0 Å². The second-order valence-electron chi connectivity index (χ2n) is 3.05. The van der Waals surface area contributed by atoms with Gasteiger partial charge in [0.2, 0.25) is 5.24 Å². The molecule has 0 heterocycles. The lowest BCUT2D eigenvalue weighted by atomic mass is 10.1. The lowest BCUT2D eigenvalue weighted by Gasteiger charge is -1.94. The lowest BCUT2D eigenvalue weighted by molar-refractivity contribution is -0.113. The van der Waals surface area contributed by atoms with Crippen molar-refractivity contribution < 1.29 is 4.79 Å². The van der Waals surface area contributed by atoms with Gasteiger partial charge in [-0.25, -0.2) is 0 Å². The van der Waals surface area contributed by atoms with Crippen molar-refractivity contribution in [3.63, 3.8) is 0 Å². The van der Waals surface area contributed by atoms with Gasteiger partial charge in [-0.15, -0.1) is 0 Å². The van der Waals surface area contributed by atoms with Crippen LogP contribution in [0.15, 0.2) is 0 Å². The molecule has 0 aromatic rings. The zero-order valence-corrected chi connectivity index (χ0v) is 5.83. The molecule has 1 saturated carbocycles. The maximum absolute atomic E-state index is 10.4. The predicted molar refractivity (Wildman–Crippen MR) is 32.7 cm³/mol. The molecule has 46 valence electrons. The van der Waals surface area contributed by atoms with Crippen molar-refractivity contribution in [2.24, 2.45) is 11.3 Å². The molecular formula is C6H9ClO. The molecule has 2 heteroatoms. The predicted octanol–water partition coefficient (Wildman–Crippen LogP) is 1.80. The van der Waals surface area contributed by atoms with Crippen molar-refractivity contribution in [3.05, 3.63) is 0 Å². The van der Waals surface area contributed by atoms with Gasteiger partial charge in [0.05, 0.1) is 0 Å². The molecule has 0 bridgehead atoms. The van der Waals surface area contributed by atoms with E-state index in [2.05, 4.69) is 13.8 Å². The van der Waals surface area contributed by atoms with Gasteiger partial charge in [-0.1, -0.05) is 13.8 Å². The lowest BCUT2D eigenvalue weighted by Crippen LogP contribution is -1.96. The summed E-state index contributed by atoms with van der Waals surface area (Å²) in [5.74, 6) is 0.143. The highest BCUT2D eigenvalue weighted by atomic mass is 35.5. The third-order valence-corrected chi connectivity index (χ3v) is 2.05. The van der Waals surface area contributed by atoms with Gasteiger partial charge in [-0.2, -0.15) is 0 Å². The van der Waals surface area contributed by atoms with Crippen LogP contribution < -0.4 is 0 Å². The molecule has 1 nitrogen and oxygen atoms in total. The van der Waals surface area contributed by atoms with Crippen molar-refractivity contribution >= 4 is 16.8 Å². The molecule has 8 heavy (non-hydrogen) atoms. The van der Waals surface area contributed by atoms with Crippen LogP contribution in [0, 0.1) is 11.3 Å². The van der Waals surface area contributed by atoms with E-state index in [1.165, 1.54) is 0 Å². The Morgan fingerprint density at radius 1 is 1.75 bits per heavy atom. The third-order valence-electron chi connectivity index (χ3n) is 1.79. The van der Waals surface area contributed by atoms with Gasteiger partial charge in [0.25, 0.3) is 0 Å². The summed E-state index contributed by atoms with van der Waals surface area (Å²) in [5.41, 5.74) is 0.207. The quantitative estimate of drug-likeness (QED) is 0.498. The van der Waals surface area contributed by atoms with E-state index < -0.39 is 0 Å². The minimum atomic E-state index is -0.171. The normalized spacial score (nSPS) is 32.1. The molecule has 1 aliphatic rings. The maximum Gasteiger partial charge on any atom is 0.225 e. The van der Waals surface area contributed by atoms with Crippen LogP contribution in [0.5, 0.6) is 0 Å². The molecule has 0 aromatic heterocycles. The highest BCUT2D eigenvalue weighted by Crippen LogP contribution is 2.52.